The molecule has 0 amide bonds. The van der Waals surface area contributed by atoms with Crippen LogP contribution in [0.1, 0.15) is 66.7 Å². The number of nitrogens with one attached hydrogen (secondary N) is 1. The molecule has 0 spiro atoms. The van der Waals surface area contributed by atoms with Crippen molar-refractivity contribution in [3.8, 4) is 0 Å². The molecule has 3 unspecified atom stereocenters. The minimum Gasteiger partial charge on any atom is -0.377 e. The first-order valence-corrected chi connectivity index (χ1v) is 7.91. The molecule has 0 bridgehead atoms. The van der Waals surface area contributed by atoms with Gasteiger partial charge in [-0.25, -0.2) is 0 Å². The second-order valence-corrected chi connectivity index (χ2v) is 6.41. The lowest BCUT2D eigenvalue weighted by molar-refractivity contribution is -0.126. The maximum absolute atomic E-state index is 6.18. The molecule has 2 nitrogen and oxygen atoms in total. The van der Waals surface area contributed by atoms with Crippen LogP contribution < -0.4 is 5.32 Å². The van der Waals surface area contributed by atoms with Gasteiger partial charge in [-0.1, -0.05) is 53.9 Å². The first-order valence-electron chi connectivity index (χ1n) is 7.91. The van der Waals surface area contributed by atoms with E-state index in [1.807, 2.05) is 0 Å². The highest BCUT2D eigenvalue weighted by Gasteiger charge is 2.48. The second-order valence-electron chi connectivity index (χ2n) is 6.41. The Bertz CT molecular complexity index is 227. The topological polar surface area (TPSA) is 21.3 Å². The molecule has 0 saturated heterocycles. The number of hydrogen-bond donors (Lipinski definition) is 1. The zero-order valence-corrected chi connectivity index (χ0v) is 13.1. The standard InChI is InChI=1S/C16H33NO/c1-6-9-10-13(7-2)12-18-15-11-14(17-8-3)16(15,4)5/h13-15,17H,6-12H2,1-5H3. The van der Waals surface area contributed by atoms with E-state index in [1.54, 1.807) is 0 Å². The van der Waals surface area contributed by atoms with Crippen LogP contribution in [-0.2, 0) is 4.74 Å². The molecule has 0 aromatic carbocycles. The maximum Gasteiger partial charge on any atom is 0.0656 e. The van der Waals surface area contributed by atoms with E-state index in [9.17, 15) is 0 Å². The zero-order chi connectivity index (χ0) is 13.6. The van der Waals surface area contributed by atoms with Crippen molar-refractivity contribution >= 4 is 0 Å². The van der Waals surface area contributed by atoms with Crippen LogP contribution in [0.2, 0.25) is 0 Å². The Balaban J connectivity index is 2.27. The van der Waals surface area contributed by atoms with Crippen molar-refractivity contribution in [2.24, 2.45) is 11.3 Å². The van der Waals surface area contributed by atoms with Gasteiger partial charge in [0.25, 0.3) is 0 Å². The molecule has 1 rings (SSSR count). The lowest BCUT2D eigenvalue weighted by Crippen LogP contribution is -2.61. The zero-order valence-electron chi connectivity index (χ0n) is 13.1. The average Bonchev–Trinajstić information content (AvgIpc) is 2.36. The van der Waals surface area contributed by atoms with Crippen molar-refractivity contribution in [2.75, 3.05) is 13.2 Å². The first kappa shape index (κ1) is 16.0. The molecule has 0 heterocycles. The predicted octanol–water partition coefficient (Wildman–Crippen LogP) is 4.00. The van der Waals surface area contributed by atoms with Gasteiger partial charge in [-0.3, -0.25) is 0 Å². The second kappa shape index (κ2) is 7.49. The summed E-state index contributed by atoms with van der Waals surface area (Å²) in [4.78, 5) is 0. The maximum atomic E-state index is 6.18. The Hall–Kier alpha value is -0.0800. The van der Waals surface area contributed by atoms with Crippen molar-refractivity contribution in [3.63, 3.8) is 0 Å². The van der Waals surface area contributed by atoms with Crippen LogP contribution in [0.15, 0.2) is 0 Å². The van der Waals surface area contributed by atoms with Gasteiger partial charge in [0.2, 0.25) is 0 Å². The first-order chi connectivity index (χ1) is 8.56. The van der Waals surface area contributed by atoms with E-state index in [-0.39, 0.29) is 0 Å². The summed E-state index contributed by atoms with van der Waals surface area (Å²) in [5, 5.41) is 3.56. The molecule has 1 aliphatic carbocycles. The fraction of sp³-hybridized carbons (Fsp3) is 1.00. The number of unbranched alkanes of at least 4 members (excludes halogenated alkanes) is 1. The number of hydrogen-bond acceptors (Lipinski definition) is 2. The third-order valence-corrected chi connectivity index (χ3v) is 4.70. The molecular weight excluding hydrogens is 222 g/mol. The fourth-order valence-electron chi connectivity index (χ4n) is 2.91. The largest absolute Gasteiger partial charge is 0.377 e. The van der Waals surface area contributed by atoms with E-state index in [0.29, 0.717) is 17.6 Å². The molecule has 1 aliphatic rings. The molecule has 0 aliphatic heterocycles. The Morgan fingerprint density at radius 2 is 2.00 bits per heavy atom. The number of ether oxygens (including phenoxy) is 1. The van der Waals surface area contributed by atoms with Gasteiger partial charge in [0.15, 0.2) is 0 Å². The van der Waals surface area contributed by atoms with Crippen LogP contribution in [0.25, 0.3) is 0 Å². The van der Waals surface area contributed by atoms with E-state index in [4.69, 9.17) is 4.74 Å². The Labute approximate surface area is 114 Å². The Morgan fingerprint density at radius 3 is 2.50 bits per heavy atom. The van der Waals surface area contributed by atoms with E-state index < -0.39 is 0 Å². The van der Waals surface area contributed by atoms with Gasteiger partial charge in [-0.05, 0) is 25.3 Å². The van der Waals surface area contributed by atoms with Gasteiger partial charge in [-0.2, -0.15) is 0 Å². The molecule has 3 atom stereocenters. The third kappa shape index (κ3) is 3.96. The normalized spacial score (nSPS) is 27.8. The summed E-state index contributed by atoms with van der Waals surface area (Å²) < 4.78 is 6.18. The van der Waals surface area contributed by atoms with Crippen LogP contribution in [0.4, 0.5) is 0 Å². The summed E-state index contributed by atoms with van der Waals surface area (Å²) in [5.41, 5.74) is 0.305. The van der Waals surface area contributed by atoms with Crippen LogP contribution in [-0.4, -0.2) is 25.3 Å². The lowest BCUT2D eigenvalue weighted by atomic mass is 9.64. The molecule has 0 aromatic heterocycles. The molecule has 0 radical (unpaired) electrons. The summed E-state index contributed by atoms with van der Waals surface area (Å²) in [5.74, 6) is 0.763. The molecule has 1 fully saturated rings. The van der Waals surface area contributed by atoms with Crippen LogP contribution >= 0.6 is 0 Å². The monoisotopic (exact) mass is 255 g/mol. The summed E-state index contributed by atoms with van der Waals surface area (Å²) in [7, 11) is 0. The van der Waals surface area contributed by atoms with Crippen LogP contribution in [0.5, 0.6) is 0 Å². The van der Waals surface area contributed by atoms with Crippen molar-refractivity contribution in [1.29, 1.82) is 0 Å². The Morgan fingerprint density at radius 1 is 1.28 bits per heavy atom. The Kier molecular flexibility index (Phi) is 6.65. The van der Waals surface area contributed by atoms with Gasteiger partial charge in [-0.15, -0.1) is 0 Å². The fourth-order valence-corrected chi connectivity index (χ4v) is 2.91. The van der Waals surface area contributed by atoms with E-state index >= 15 is 0 Å². The van der Waals surface area contributed by atoms with Crippen LogP contribution in [0, 0.1) is 11.3 Å². The molecule has 1 N–H and O–H groups in total. The molecular formula is C16H33NO. The SMILES string of the molecule is CCCCC(CC)COC1CC(NCC)C1(C)C. The lowest BCUT2D eigenvalue weighted by Gasteiger charge is -2.52. The van der Waals surface area contributed by atoms with Crippen molar-refractivity contribution in [3.05, 3.63) is 0 Å². The summed E-state index contributed by atoms with van der Waals surface area (Å²) in [6.45, 7) is 13.4. The van der Waals surface area contributed by atoms with Gasteiger partial charge in [0.05, 0.1) is 6.10 Å². The van der Waals surface area contributed by atoms with Gasteiger partial charge in [0, 0.05) is 18.1 Å². The molecule has 2 heteroatoms. The third-order valence-electron chi connectivity index (χ3n) is 4.70. The van der Waals surface area contributed by atoms with E-state index in [0.717, 1.165) is 19.1 Å². The van der Waals surface area contributed by atoms with Gasteiger partial charge >= 0.3 is 0 Å². The summed E-state index contributed by atoms with van der Waals surface area (Å²) >= 11 is 0. The average molecular weight is 255 g/mol. The predicted molar refractivity (Wildman–Crippen MR) is 78.9 cm³/mol. The van der Waals surface area contributed by atoms with Crippen molar-refractivity contribution < 1.29 is 4.74 Å². The van der Waals surface area contributed by atoms with Crippen LogP contribution in [0.3, 0.4) is 0 Å². The highest BCUT2D eigenvalue weighted by atomic mass is 16.5. The summed E-state index contributed by atoms with van der Waals surface area (Å²) in [6.07, 6.45) is 6.87. The molecule has 1 saturated carbocycles. The quantitative estimate of drug-likeness (QED) is 0.672. The smallest absolute Gasteiger partial charge is 0.0656 e. The van der Waals surface area contributed by atoms with E-state index in [1.165, 1.54) is 32.1 Å². The number of rotatable bonds is 9. The van der Waals surface area contributed by atoms with Gasteiger partial charge < -0.3 is 10.1 Å². The highest BCUT2D eigenvalue weighted by molar-refractivity contribution is 5.02. The molecule has 108 valence electrons. The summed E-state index contributed by atoms with van der Waals surface area (Å²) in [6, 6.07) is 0.642. The van der Waals surface area contributed by atoms with E-state index in [2.05, 4.69) is 39.9 Å². The van der Waals surface area contributed by atoms with Crippen molar-refractivity contribution in [1.82, 2.24) is 5.32 Å². The van der Waals surface area contributed by atoms with Gasteiger partial charge in [0.1, 0.15) is 0 Å². The molecule has 0 aromatic rings. The van der Waals surface area contributed by atoms with Crippen molar-refractivity contribution in [2.45, 2.75) is 78.9 Å². The molecule has 18 heavy (non-hydrogen) atoms. The highest BCUT2D eigenvalue weighted by Crippen LogP contribution is 2.43. The minimum atomic E-state index is 0.305. The minimum absolute atomic E-state index is 0.305.